The van der Waals surface area contributed by atoms with Gasteiger partial charge in [-0.2, -0.15) is 0 Å². The molecule has 0 aliphatic carbocycles. The number of rotatable bonds is 1. The summed E-state index contributed by atoms with van der Waals surface area (Å²) < 4.78 is 5.09. The predicted octanol–water partition coefficient (Wildman–Crippen LogP) is 4.56. The van der Waals surface area contributed by atoms with Crippen LogP contribution in [-0.4, -0.2) is 0 Å². The zero-order chi connectivity index (χ0) is 10.1. The fourth-order valence-electron chi connectivity index (χ4n) is 1.35. The second kappa shape index (κ2) is 3.68. The third-order valence-electron chi connectivity index (χ3n) is 2.10. The van der Waals surface area contributed by atoms with Gasteiger partial charge in [0.25, 0.3) is 0 Å². The van der Waals surface area contributed by atoms with E-state index in [9.17, 15) is 0 Å². The van der Waals surface area contributed by atoms with Crippen molar-refractivity contribution in [1.82, 2.24) is 0 Å². The van der Waals surface area contributed by atoms with Crippen LogP contribution in [-0.2, 0) is 0 Å². The van der Waals surface area contributed by atoms with Crippen molar-refractivity contribution in [2.75, 3.05) is 0 Å². The SMILES string of the molecule is Cc1cocc1-c1cccc(Cl)c1Cl. The molecule has 0 spiro atoms. The van der Waals surface area contributed by atoms with Crippen LogP contribution >= 0.6 is 23.2 Å². The van der Waals surface area contributed by atoms with Gasteiger partial charge in [-0.15, -0.1) is 0 Å². The Balaban J connectivity index is 2.63. The Morgan fingerprint density at radius 1 is 1.07 bits per heavy atom. The third kappa shape index (κ3) is 1.54. The lowest BCUT2D eigenvalue weighted by molar-refractivity contribution is 0.566. The molecular weight excluding hydrogens is 219 g/mol. The van der Waals surface area contributed by atoms with E-state index in [1.54, 1.807) is 18.6 Å². The summed E-state index contributed by atoms with van der Waals surface area (Å²) in [5.74, 6) is 0. The molecule has 0 amide bonds. The largest absolute Gasteiger partial charge is 0.472 e. The molecule has 0 radical (unpaired) electrons. The topological polar surface area (TPSA) is 13.1 Å². The standard InChI is InChI=1S/C11H8Cl2O/c1-7-5-14-6-9(7)8-3-2-4-10(12)11(8)13/h2-6H,1H3. The van der Waals surface area contributed by atoms with Gasteiger partial charge < -0.3 is 4.42 Å². The summed E-state index contributed by atoms with van der Waals surface area (Å²) in [5.41, 5.74) is 2.94. The maximum Gasteiger partial charge on any atom is 0.0984 e. The molecule has 1 aromatic carbocycles. The lowest BCUT2D eigenvalue weighted by Crippen LogP contribution is -1.79. The van der Waals surface area contributed by atoms with Gasteiger partial charge in [-0.05, 0) is 18.6 Å². The molecule has 0 aliphatic heterocycles. The van der Waals surface area contributed by atoms with Crippen molar-refractivity contribution in [2.24, 2.45) is 0 Å². The highest BCUT2D eigenvalue weighted by Crippen LogP contribution is 2.35. The first-order valence-electron chi connectivity index (χ1n) is 4.17. The molecule has 0 bridgehead atoms. The zero-order valence-electron chi connectivity index (χ0n) is 7.55. The van der Waals surface area contributed by atoms with Crippen LogP contribution in [0.1, 0.15) is 5.56 Å². The van der Waals surface area contributed by atoms with Gasteiger partial charge in [-0.25, -0.2) is 0 Å². The van der Waals surface area contributed by atoms with Crippen LogP contribution in [0, 0.1) is 6.92 Å². The van der Waals surface area contributed by atoms with Crippen molar-refractivity contribution < 1.29 is 4.42 Å². The molecule has 0 fully saturated rings. The number of aryl methyl sites for hydroxylation is 1. The molecule has 2 rings (SSSR count). The normalized spacial score (nSPS) is 10.5. The number of hydrogen-bond acceptors (Lipinski definition) is 1. The summed E-state index contributed by atoms with van der Waals surface area (Å²) in [4.78, 5) is 0. The van der Waals surface area contributed by atoms with Crippen LogP contribution < -0.4 is 0 Å². The Labute approximate surface area is 92.3 Å². The minimum Gasteiger partial charge on any atom is -0.472 e. The van der Waals surface area contributed by atoms with Crippen molar-refractivity contribution in [2.45, 2.75) is 6.92 Å². The van der Waals surface area contributed by atoms with E-state index in [1.807, 2.05) is 19.1 Å². The molecule has 0 saturated heterocycles. The van der Waals surface area contributed by atoms with Gasteiger partial charge in [0.05, 0.1) is 22.6 Å². The fourth-order valence-corrected chi connectivity index (χ4v) is 1.75. The molecule has 0 atom stereocenters. The minimum absolute atomic E-state index is 0.560. The van der Waals surface area contributed by atoms with Crippen LogP contribution in [0.15, 0.2) is 35.1 Å². The quantitative estimate of drug-likeness (QED) is 0.695. The first kappa shape index (κ1) is 9.63. The van der Waals surface area contributed by atoms with E-state index >= 15 is 0 Å². The number of benzene rings is 1. The van der Waals surface area contributed by atoms with Gasteiger partial charge in [0.2, 0.25) is 0 Å². The van der Waals surface area contributed by atoms with Gasteiger partial charge in [-0.3, -0.25) is 0 Å². The van der Waals surface area contributed by atoms with E-state index in [0.29, 0.717) is 10.0 Å². The van der Waals surface area contributed by atoms with E-state index in [0.717, 1.165) is 16.7 Å². The van der Waals surface area contributed by atoms with Crippen molar-refractivity contribution in [3.8, 4) is 11.1 Å². The summed E-state index contributed by atoms with van der Waals surface area (Å²) in [6.45, 7) is 1.97. The molecule has 1 aromatic heterocycles. The molecular formula is C11H8Cl2O. The van der Waals surface area contributed by atoms with Crippen LogP contribution in [0.25, 0.3) is 11.1 Å². The Hall–Kier alpha value is -0.920. The molecule has 2 aromatic rings. The van der Waals surface area contributed by atoms with Crippen LogP contribution in [0.5, 0.6) is 0 Å². The maximum atomic E-state index is 6.08. The Bertz CT molecular complexity index is 460. The van der Waals surface area contributed by atoms with Gasteiger partial charge in [0.15, 0.2) is 0 Å². The summed E-state index contributed by atoms with van der Waals surface area (Å²) in [7, 11) is 0. The minimum atomic E-state index is 0.560. The van der Waals surface area contributed by atoms with Gasteiger partial charge in [0.1, 0.15) is 0 Å². The number of furan rings is 1. The van der Waals surface area contributed by atoms with Crippen LogP contribution in [0.3, 0.4) is 0 Å². The highest BCUT2D eigenvalue weighted by atomic mass is 35.5. The van der Waals surface area contributed by atoms with Crippen LogP contribution in [0.2, 0.25) is 10.0 Å². The summed E-state index contributed by atoms with van der Waals surface area (Å²) in [5, 5.41) is 1.13. The second-order valence-electron chi connectivity index (χ2n) is 3.07. The van der Waals surface area contributed by atoms with E-state index in [1.165, 1.54) is 0 Å². The van der Waals surface area contributed by atoms with Crippen molar-refractivity contribution in [3.63, 3.8) is 0 Å². The highest BCUT2D eigenvalue weighted by Gasteiger charge is 2.09. The summed E-state index contributed by atoms with van der Waals surface area (Å²) in [6, 6.07) is 5.56. The van der Waals surface area contributed by atoms with Crippen molar-refractivity contribution >= 4 is 23.2 Å². The summed E-state index contributed by atoms with van der Waals surface area (Å²) >= 11 is 12.0. The average molecular weight is 227 g/mol. The molecule has 0 unspecified atom stereocenters. The van der Waals surface area contributed by atoms with Gasteiger partial charge >= 0.3 is 0 Å². The van der Waals surface area contributed by atoms with E-state index in [-0.39, 0.29) is 0 Å². The van der Waals surface area contributed by atoms with Crippen molar-refractivity contribution in [3.05, 3.63) is 46.3 Å². The number of hydrogen-bond donors (Lipinski definition) is 0. The Morgan fingerprint density at radius 2 is 1.86 bits per heavy atom. The monoisotopic (exact) mass is 226 g/mol. The second-order valence-corrected chi connectivity index (χ2v) is 3.86. The molecule has 72 valence electrons. The molecule has 3 heteroatoms. The van der Waals surface area contributed by atoms with Gasteiger partial charge in [0, 0.05) is 11.1 Å². The smallest absolute Gasteiger partial charge is 0.0984 e. The average Bonchev–Trinajstić information content (AvgIpc) is 2.57. The van der Waals surface area contributed by atoms with Gasteiger partial charge in [-0.1, -0.05) is 35.3 Å². The lowest BCUT2D eigenvalue weighted by atomic mass is 10.1. The molecule has 1 nitrogen and oxygen atoms in total. The first-order chi connectivity index (χ1) is 6.70. The molecule has 1 heterocycles. The van der Waals surface area contributed by atoms with E-state index < -0.39 is 0 Å². The van der Waals surface area contributed by atoms with Crippen molar-refractivity contribution in [1.29, 1.82) is 0 Å². The maximum absolute atomic E-state index is 6.08. The summed E-state index contributed by atoms with van der Waals surface area (Å²) in [6.07, 6.45) is 3.36. The molecule has 0 aliphatic rings. The number of halogens is 2. The third-order valence-corrected chi connectivity index (χ3v) is 2.92. The Morgan fingerprint density at radius 3 is 2.50 bits per heavy atom. The lowest BCUT2D eigenvalue weighted by Gasteiger charge is -2.03. The van der Waals surface area contributed by atoms with E-state index in [2.05, 4.69) is 0 Å². The molecule has 0 N–H and O–H groups in total. The zero-order valence-corrected chi connectivity index (χ0v) is 9.06. The van der Waals surface area contributed by atoms with E-state index in [4.69, 9.17) is 27.6 Å². The van der Waals surface area contributed by atoms with Crippen LogP contribution in [0.4, 0.5) is 0 Å². The first-order valence-corrected chi connectivity index (χ1v) is 4.93. The fraction of sp³-hybridized carbons (Fsp3) is 0.0909. The molecule has 14 heavy (non-hydrogen) atoms. The predicted molar refractivity (Wildman–Crippen MR) is 58.9 cm³/mol. The molecule has 0 saturated carbocycles. The highest BCUT2D eigenvalue weighted by molar-refractivity contribution is 6.43. The Kier molecular flexibility index (Phi) is 2.53.